The summed E-state index contributed by atoms with van der Waals surface area (Å²) < 4.78 is 15.3. The second kappa shape index (κ2) is 3.66. The van der Waals surface area contributed by atoms with Crippen LogP contribution in [0.15, 0.2) is 12.2 Å². The van der Waals surface area contributed by atoms with Gasteiger partial charge in [0.25, 0.3) is 0 Å². The molecule has 1 heterocycles. The van der Waals surface area contributed by atoms with Gasteiger partial charge in [-0.3, -0.25) is 9.59 Å². The Bertz CT molecular complexity index is 322. The van der Waals surface area contributed by atoms with Crippen molar-refractivity contribution in [3.05, 3.63) is 12.2 Å². The molecule has 0 bridgehead atoms. The number of epoxide rings is 1. The van der Waals surface area contributed by atoms with Crippen LogP contribution in [0.25, 0.3) is 0 Å². The highest BCUT2D eigenvalue weighted by Crippen LogP contribution is 2.35. The van der Waals surface area contributed by atoms with E-state index in [0.29, 0.717) is 0 Å². The van der Waals surface area contributed by atoms with E-state index in [1.807, 2.05) is 6.08 Å². The monoisotopic (exact) mass is 212 g/mol. The number of carbonyl (C=O) groups excluding carboxylic acids is 2. The molecule has 5 heteroatoms. The number of carbonyl (C=O) groups is 2. The normalized spacial score (nSPS) is 36.7. The van der Waals surface area contributed by atoms with Gasteiger partial charge >= 0.3 is 11.9 Å². The van der Waals surface area contributed by atoms with Crippen LogP contribution in [-0.2, 0) is 23.8 Å². The summed E-state index contributed by atoms with van der Waals surface area (Å²) in [5.74, 6) is -0.803. The van der Waals surface area contributed by atoms with Gasteiger partial charge in [0.1, 0.15) is 12.2 Å². The Morgan fingerprint density at radius 3 is 2.40 bits per heavy atom. The quantitative estimate of drug-likeness (QED) is 0.371. The van der Waals surface area contributed by atoms with E-state index in [-0.39, 0.29) is 12.2 Å². The lowest BCUT2D eigenvalue weighted by molar-refractivity contribution is -0.163. The fourth-order valence-electron chi connectivity index (χ4n) is 1.69. The molecule has 2 aliphatic rings. The summed E-state index contributed by atoms with van der Waals surface area (Å²) in [6, 6.07) is 0. The van der Waals surface area contributed by atoms with Crippen molar-refractivity contribution in [3.63, 3.8) is 0 Å². The number of ether oxygens (including phenoxy) is 3. The van der Waals surface area contributed by atoms with Crippen LogP contribution in [0.4, 0.5) is 0 Å². The third-order valence-electron chi connectivity index (χ3n) is 2.30. The molecule has 0 radical (unpaired) electrons. The average molecular weight is 212 g/mol. The Balaban J connectivity index is 2.05. The zero-order chi connectivity index (χ0) is 11.0. The molecule has 15 heavy (non-hydrogen) atoms. The molecule has 5 nitrogen and oxygen atoms in total. The summed E-state index contributed by atoms with van der Waals surface area (Å²) in [4.78, 5) is 21.7. The van der Waals surface area contributed by atoms with Gasteiger partial charge in [-0.15, -0.1) is 0 Å². The van der Waals surface area contributed by atoms with Gasteiger partial charge in [0, 0.05) is 13.8 Å². The van der Waals surface area contributed by atoms with Gasteiger partial charge < -0.3 is 14.2 Å². The summed E-state index contributed by atoms with van der Waals surface area (Å²) in [5.41, 5.74) is 0. The summed E-state index contributed by atoms with van der Waals surface area (Å²) in [5, 5.41) is 0. The standard InChI is InChI=1S/C10H12O5/c1-5(11)13-7-3-4-8-10(15-8)9(7)14-6(2)12/h3-4,7-10H,1-2H3/t7-,8-,9-,10-/m1/s1. The molecule has 1 saturated heterocycles. The molecule has 0 N–H and O–H groups in total. The SMILES string of the molecule is CC(=O)O[C@H]1[C@@H]2O[C@@H]2C=C[C@H]1OC(C)=O. The highest BCUT2D eigenvalue weighted by molar-refractivity contribution is 5.67. The van der Waals surface area contributed by atoms with Crippen LogP contribution >= 0.6 is 0 Å². The van der Waals surface area contributed by atoms with Crippen LogP contribution in [0.1, 0.15) is 13.8 Å². The van der Waals surface area contributed by atoms with Gasteiger partial charge in [-0.1, -0.05) is 6.08 Å². The first-order valence-electron chi connectivity index (χ1n) is 4.76. The lowest BCUT2D eigenvalue weighted by Gasteiger charge is -2.24. The third kappa shape index (κ3) is 2.18. The molecule has 0 unspecified atom stereocenters. The van der Waals surface area contributed by atoms with E-state index in [4.69, 9.17) is 14.2 Å². The van der Waals surface area contributed by atoms with Crippen molar-refractivity contribution in [2.45, 2.75) is 38.3 Å². The molecule has 1 fully saturated rings. The fourth-order valence-corrected chi connectivity index (χ4v) is 1.69. The number of hydrogen-bond acceptors (Lipinski definition) is 5. The van der Waals surface area contributed by atoms with Gasteiger partial charge in [0.05, 0.1) is 0 Å². The average Bonchev–Trinajstić information content (AvgIpc) is 2.86. The number of hydrogen-bond donors (Lipinski definition) is 0. The fraction of sp³-hybridized carbons (Fsp3) is 0.600. The molecule has 1 aliphatic heterocycles. The van der Waals surface area contributed by atoms with Crippen molar-refractivity contribution in [1.29, 1.82) is 0 Å². The predicted octanol–water partition coefficient (Wildman–Crippen LogP) is 0.187. The second-order valence-electron chi connectivity index (χ2n) is 3.60. The lowest BCUT2D eigenvalue weighted by atomic mass is 10.0. The Hall–Kier alpha value is -1.36. The molecule has 0 aromatic rings. The van der Waals surface area contributed by atoms with E-state index >= 15 is 0 Å². The first-order chi connectivity index (χ1) is 7.08. The Morgan fingerprint density at radius 1 is 1.13 bits per heavy atom. The molecule has 2 rings (SSSR count). The van der Waals surface area contributed by atoms with Crippen LogP contribution < -0.4 is 0 Å². The molecule has 0 aromatic heterocycles. The van der Waals surface area contributed by atoms with E-state index in [2.05, 4.69) is 0 Å². The minimum Gasteiger partial charge on any atom is -0.455 e. The predicted molar refractivity (Wildman–Crippen MR) is 48.9 cm³/mol. The molecule has 1 aliphatic carbocycles. The van der Waals surface area contributed by atoms with Crippen molar-refractivity contribution in [2.75, 3.05) is 0 Å². The molecule has 0 amide bonds. The van der Waals surface area contributed by atoms with E-state index in [1.165, 1.54) is 13.8 Å². The lowest BCUT2D eigenvalue weighted by Crippen LogP contribution is -2.39. The van der Waals surface area contributed by atoms with Crippen LogP contribution in [0.5, 0.6) is 0 Å². The smallest absolute Gasteiger partial charge is 0.303 e. The van der Waals surface area contributed by atoms with Crippen LogP contribution in [-0.4, -0.2) is 36.4 Å². The maximum atomic E-state index is 10.9. The first kappa shape index (κ1) is 10.2. The zero-order valence-electron chi connectivity index (χ0n) is 8.51. The van der Waals surface area contributed by atoms with Crippen molar-refractivity contribution >= 4 is 11.9 Å². The molecular formula is C10H12O5. The highest BCUT2D eigenvalue weighted by Gasteiger charge is 2.52. The van der Waals surface area contributed by atoms with Crippen LogP contribution in [0, 0.1) is 0 Å². The van der Waals surface area contributed by atoms with E-state index in [0.717, 1.165) is 0 Å². The van der Waals surface area contributed by atoms with Crippen LogP contribution in [0.2, 0.25) is 0 Å². The third-order valence-corrected chi connectivity index (χ3v) is 2.30. The Kier molecular flexibility index (Phi) is 2.48. The summed E-state index contributed by atoms with van der Waals surface area (Å²) >= 11 is 0. The Morgan fingerprint density at radius 2 is 1.80 bits per heavy atom. The van der Waals surface area contributed by atoms with Gasteiger partial charge in [-0.2, -0.15) is 0 Å². The van der Waals surface area contributed by atoms with Crippen molar-refractivity contribution in [1.82, 2.24) is 0 Å². The number of fused-ring (bicyclic) bond motifs is 1. The number of esters is 2. The largest absolute Gasteiger partial charge is 0.455 e. The summed E-state index contributed by atoms with van der Waals surface area (Å²) in [7, 11) is 0. The minimum absolute atomic E-state index is 0.00107. The molecule has 82 valence electrons. The van der Waals surface area contributed by atoms with Crippen molar-refractivity contribution < 1.29 is 23.8 Å². The van der Waals surface area contributed by atoms with E-state index in [9.17, 15) is 9.59 Å². The van der Waals surface area contributed by atoms with Gasteiger partial charge in [0.2, 0.25) is 0 Å². The summed E-state index contributed by atoms with van der Waals surface area (Å²) in [6.07, 6.45) is 2.31. The molecule has 0 aromatic carbocycles. The van der Waals surface area contributed by atoms with Gasteiger partial charge in [0.15, 0.2) is 12.2 Å². The maximum Gasteiger partial charge on any atom is 0.303 e. The summed E-state index contributed by atoms with van der Waals surface area (Å²) in [6.45, 7) is 2.64. The first-order valence-corrected chi connectivity index (χ1v) is 4.76. The highest BCUT2D eigenvalue weighted by atomic mass is 16.6. The minimum atomic E-state index is -0.532. The van der Waals surface area contributed by atoms with Crippen molar-refractivity contribution in [2.24, 2.45) is 0 Å². The van der Waals surface area contributed by atoms with E-state index in [1.54, 1.807) is 6.08 Å². The van der Waals surface area contributed by atoms with Crippen molar-refractivity contribution in [3.8, 4) is 0 Å². The zero-order valence-corrected chi connectivity index (χ0v) is 8.51. The maximum absolute atomic E-state index is 10.9. The Labute approximate surface area is 87.0 Å². The topological polar surface area (TPSA) is 65.1 Å². The van der Waals surface area contributed by atoms with Gasteiger partial charge in [-0.05, 0) is 6.08 Å². The van der Waals surface area contributed by atoms with E-state index < -0.39 is 24.1 Å². The van der Waals surface area contributed by atoms with Crippen LogP contribution in [0.3, 0.4) is 0 Å². The molecule has 0 spiro atoms. The number of rotatable bonds is 2. The second-order valence-corrected chi connectivity index (χ2v) is 3.60. The molecule has 0 saturated carbocycles. The molecular weight excluding hydrogens is 200 g/mol. The molecule has 4 atom stereocenters. The van der Waals surface area contributed by atoms with Gasteiger partial charge in [-0.25, -0.2) is 0 Å².